The Morgan fingerprint density at radius 3 is 2.45 bits per heavy atom. The average molecular weight is 434 g/mol. The van der Waals surface area contributed by atoms with Gasteiger partial charge in [0.25, 0.3) is 0 Å². The highest BCUT2D eigenvalue weighted by atomic mass is 16.2. The highest BCUT2D eigenvalue weighted by molar-refractivity contribution is 6.57. The second-order valence-corrected chi connectivity index (χ2v) is 8.33. The summed E-state index contributed by atoms with van der Waals surface area (Å²) in [4.78, 5) is 49.4. The first kappa shape index (κ1) is 24.7. The summed E-state index contributed by atoms with van der Waals surface area (Å²) in [5, 5.41) is 12.3. The van der Waals surface area contributed by atoms with Gasteiger partial charge in [0, 0.05) is 32.3 Å². The van der Waals surface area contributed by atoms with Crippen molar-refractivity contribution in [3.05, 3.63) is 0 Å². The third kappa shape index (κ3) is 7.55. The van der Waals surface area contributed by atoms with Crippen LogP contribution in [0.1, 0.15) is 51.9 Å². The van der Waals surface area contributed by atoms with Gasteiger partial charge in [-0.3, -0.25) is 14.4 Å². The molecule has 10 nitrogen and oxygen atoms in total. The third-order valence-corrected chi connectivity index (χ3v) is 6.16. The van der Waals surface area contributed by atoms with Crippen molar-refractivity contribution in [1.82, 2.24) is 26.3 Å². The molecule has 2 fully saturated rings. The maximum Gasteiger partial charge on any atom is 0.335 e. The fraction of sp³-hybridized carbons (Fsp3) is 0.750. The molecule has 0 aromatic rings. The molecule has 2 aliphatic rings. The van der Waals surface area contributed by atoms with E-state index in [1.807, 2.05) is 6.92 Å². The normalized spacial score (nSPS) is 24.5. The highest BCUT2D eigenvalue weighted by Gasteiger charge is 2.32. The van der Waals surface area contributed by atoms with E-state index in [4.69, 9.17) is 0 Å². The van der Waals surface area contributed by atoms with Crippen LogP contribution in [-0.4, -0.2) is 74.8 Å². The SMILES string of the molecule is BC(=O)N1CCC[C@H]1C(=O)NC(/C=N/NC(=O)NCC1CCC(C(=O)NC)CC1)CC. The summed E-state index contributed by atoms with van der Waals surface area (Å²) in [6.45, 7) is 3.05. The molecule has 1 aliphatic carbocycles. The third-order valence-electron chi connectivity index (χ3n) is 6.16. The molecular formula is C20H35BN6O4. The summed E-state index contributed by atoms with van der Waals surface area (Å²) >= 11 is 0. The smallest absolute Gasteiger partial charge is 0.335 e. The van der Waals surface area contributed by atoms with E-state index in [0.717, 1.165) is 32.1 Å². The molecule has 31 heavy (non-hydrogen) atoms. The lowest BCUT2D eigenvalue weighted by molar-refractivity contribution is -0.126. The number of carbonyl (C=O) groups is 4. The second kappa shape index (κ2) is 12.3. The number of hydrazone groups is 1. The summed E-state index contributed by atoms with van der Waals surface area (Å²) in [5.74, 6) is 0.238. The van der Waals surface area contributed by atoms with Gasteiger partial charge in [0.2, 0.25) is 19.7 Å². The van der Waals surface area contributed by atoms with Crippen LogP contribution in [0.5, 0.6) is 0 Å². The van der Waals surface area contributed by atoms with Gasteiger partial charge in [0.1, 0.15) is 6.04 Å². The molecule has 0 radical (unpaired) electrons. The summed E-state index contributed by atoms with van der Waals surface area (Å²) in [7, 11) is 3.13. The van der Waals surface area contributed by atoms with Crippen LogP contribution in [0.3, 0.4) is 0 Å². The van der Waals surface area contributed by atoms with Gasteiger partial charge in [-0.15, -0.1) is 0 Å². The van der Waals surface area contributed by atoms with E-state index in [0.29, 0.717) is 31.8 Å². The van der Waals surface area contributed by atoms with Crippen molar-refractivity contribution in [2.45, 2.75) is 64.0 Å². The minimum Gasteiger partial charge on any atom is -0.359 e. The van der Waals surface area contributed by atoms with Crippen molar-refractivity contribution in [3.63, 3.8) is 0 Å². The molecule has 1 saturated heterocycles. The van der Waals surface area contributed by atoms with Crippen LogP contribution in [-0.2, 0) is 9.59 Å². The number of nitrogens with one attached hydrogen (secondary N) is 4. The predicted molar refractivity (Wildman–Crippen MR) is 120 cm³/mol. The van der Waals surface area contributed by atoms with Crippen molar-refractivity contribution in [2.24, 2.45) is 16.9 Å². The Morgan fingerprint density at radius 2 is 1.84 bits per heavy atom. The number of hydrogen-bond donors (Lipinski definition) is 4. The highest BCUT2D eigenvalue weighted by Crippen LogP contribution is 2.28. The van der Waals surface area contributed by atoms with Crippen molar-refractivity contribution < 1.29 is 19.2 Å². The van der Waals surface area contributed by atoms with Crippen LogP contribution >= 0.6 is 0 Å². The Morgan fingerprint density at radius 1 is 1.13 bits per heavy atom. The molecule has 0 spiro atoms. The van der Waals surface area contributed by atoms with Crippen LogP contribution < -0.4 is 21.4 Å². The quantitative estimate of drug-likeness (QED) is 0.242. The van der Waals surface area contributed by atoms with E-state index in [1.165, 1.54) is 14.1 Å². The van der Waals surface area contributed by atoms with Crippen LogP contribution in [0, 0.1) is 11.8 Å². The van der Waals surface area contributed by atoms with Gasteiger partial charge in [-0.25, -0.2) is 10.2 Å². The van der Waals surface area contributed by atoms with E-state index in [1.54, 1.807) is 11.9 Å². The van der Waals surface area contributed by atoms with Gasteiger partial charge in [0.15, 0.2) is 5.81 Å². The zero-order chi connectivity index (χ0) is 22.8. The molecule has 5 amide bonds. The fourth-order valence-electron chi connectivity index (χ4n) is 4.24. The number of hydrogen-bond acceptors (Lipinski definition) is 5. The molecule has 0 aromatic carbocycles. The van der Waals surface area contributed by atoms with Gasteiger partial charge in [-0.05, 0) is 50.9 Å². The van der Waals surface area contributed by atoms with Crippen LogP contribution in [0.15, 0.2) is 5.10 Å². The Bertz CT molecular complexity index is 681. The largest absolute Gasteiger partial charge is 0.359 e. The molecule has 11 heteroatoms. The van der Waals surface area contributed by atoms with Crippen molar-refractivity contribution >= 4 is 37.7 Å². The molecular weight excluding hydrogens is 399 g/mol. The summed E-state index contributed by atoms with van der Waals surface area (Å²) < 4.78 is 0. The Labute approximate surface area is 184 Å². The van der Waals surface area contributed by atoms with Crippen molar-refractivity contribution in [2.75, 3.05) is 20.1 Å². The molecule has 1 saturated carbocycles. The lowest BCUT2D eigenvalue weighted by atomic mass is 9.81. The average Bonchev–Trinajstić information content (AvgIpc) is 3.27. The zero-order valence-corrected chi connectivity index (χ0v) is 18.8. The van der Waals surface area contributed by atoms with Gasteiger partial charge in [0.05, 0.1) is 6.04 Å². The second-order valence-electron chi connectivity index (χ2n) is 8.33. The van der Waals surface area contributed by atoms with E-state index in [9.17, 15) is 19.2 Å². The first-order valence-electron chi connectivity index (χ1n) is 11.2. The minimum atomic E-state index is -0.435. The molecule has 0 bridgehead atoms. The molecule has 172 valence electrons. The molecule has 1 unspecified atom stereocenters. The van der Waals surface area contributed by atoms with Crippen LogP contribution in [0.25, 0.3) is 0 Å². The Kier molecular flexibility index (Phi) is 9.80. The lowest BCUT2D eigenvalue weighted by Gasteiger charge is -2.27. The fourth-order valence-corrected chi connectivity index (χ4v) is 4.24. The first-order valence-corrected chi connectivity index (χ1v) is 11.2. The molecule has 1 aliphatic heterocycles. The zero-order valence-electron chi connectivity index (χ0n) is 18.8. The number of nitrogens with zero attached hydrogens (tertiary/aromatic N) is 2. The monoisotopic (exact) mass is 434 g/mol. The van der Waals surface area contributed by atoms with Gasteiger partial charge in [-0.2, -0.15) is 5.10 Å². The van der Waals surface area contributed by atoms with E-state index < -0.39 is 12.1 Å². The first-order chi connectivity index (χ1) is 14.8. The van der Waals surface area contributed by atoms with Crippen molar-refractivity contribution in [3.8, 4) is 0 Å². The number of urea groups is 1. The molecule has 2 rings (SSSR count). The number of likely N-dealkylation sites (tertiary alicyclic amines) is 1. The summed E-state index contributed by atoms with van der Waals surface area (Å²) in [5.41, 5.74) is 2.43. The minimum absolute atomic E-state index is 0.0765. The number of carbonyl (C=O) groups excluding carboxylic acids is 4. The predicted octanol–water partition coefficient (Wildman–Crippen LogP) is -0.0639. The maximum absolute atomic E-state index is 12.5. The molecule has 1 heterocycles. The topological polar surface area (TPSA) is 132 Å². The standard InChI is InChI=1S/C20H35BN6O4/c1-3-15(25-18(29)16-5-4-10-27(16)19(21)30)12-24-26-20(31)23-11-13-6-8-14(9-7-13)17(28)22-2/h12-16H,3-11,21H2,1-2H3,(H,22,28)(H,25,29)(H2,23,26,31)/b24-12+/t13?,14?,15?,16-/m0/s1. The van der Waals surface area contributed by atoms with Gasteiger partial charge >= 0.3 is 6.03 Å². The number of amides is 5. The molecule has 4 N–H and O–H groups in total. The Balaban J connectivity index is 1.69. The van der Waals surface area contributed by atoms with Crippen LogP contribution in [0.2, 0.25) is 0 Å². The summed E-state index contributed by atoms with van der Waals surface area (Å²) in [6, 6.07) is -1.17. The van der Waals surface area contributed by atoms with Gasteiger partial charge < -0.3 is 20.9 Å². The summed E-state index contributed by atoms with van der Waals surface area (Å²) in [6.07, 6.45) is 7.08. The van der Waals surface area contributed by atoms with E-state index in [2.05, 4.69) is 26.5 Å². The van der Waals surface area contributed by atoms with E-state index >= 15 is 0 Å². The van der Waals surface area contributed by atoms with E-state index in [-0.39, 0.29) is 29.6 Å². The lowest BCUT2D eigenvalue weighted by Crippen LogP contribution is -2.49. The van der Waals surface area contributed by atoms with Crippen molar-refractivity contribution in [1.29, 1.82) is 0 Å². The Hall–Kier alpha value is -2.59. The van der Waals surface area contributed by atoms with Gasteiger partial charge in [-0.1, -0.05) is 6.92 Å². The number of rotatable bonds is 8. The molecule has 2 atom stereocenters. The van der Waals surface area contributed by atoms with Crippen LogP contribution in [0.4, 0.5) is 9.59 Å². The molecule has 0 aromatic heterocycles. The maximum atomic E-state index is 12.5.